The van der Waals surface area contributed by atoms with Crippen LogP contribution in [0.2, 0.25) is 0 Å². The van der Waals surface area contributed by atoms with Crippen LogP contribution in [0.3, 0.4) is 0 Å². The first-order valence-corrected chi connectivity index (χ1v) is 8.47. The topological polar surface area (TPSA) is 75.9 Å². The molecule has 3 aromatic carbocycles. The molecule has 0 unspecified atom stereocenters. The Kier molecular flexibility index (Phi) is 4.45. The van der Waals surface area contributed by atoms with Crippen molar-refractivity contribution in [2.24, 2.45) is 5.73 Å². The number of nitrogens with two attached hydrogens (primary N) is 1. The minimum absolute atomic E-state index is 0.526. The van der Waals surface area contributed by atoms with Crippen LogP contribution in [0.15, 0.2) is 78.9 Å². The predicted octanol–water partition coefficient (Wildman–Crippen LogP) is 4.58. The maximum Gasteiger partial charge on any atom is 0.229 e. The van der Waals surface area contributed by atoms with Crippen LogP contribution in [-0.4, -0.2) is 9.97 Å². The number of nitrogens with one attached hydrogen (secondary N) is 2. The highest BCUT2D eigenvalue weighted by molar-refractivity contribution is 5.91. The summed E-state index contributed by atoms with van der Waals surface area (Å²) in [5.74, 6) is 1.31. The molecular formula is C21H19N5. The molecule has 0 fully saturated rings. The largest absolute Gasteiger partial charge is 0.340 e. The fraction of sp³-hybridized carbons (Fsp3) is 0.0476. The average molecular weight is 341 g/mol. The first-order valence-electron chi connectivity index (χ1n) is 8.47. The summed E-state index contributed by atoms with van der Waals surface area (Å²) in [7, 11) is 0. The second-order valence-corrected chi connectivity index (χ2v) is 5.93. The summed E-state index contributed by atoms with van der Waals surface area (Å²) < 4.78 is 0. The summed E-state index contributed by atoms with van der Waals surface area (Å²) in [5, 5.41) is 7.63. The average Bonchev–Trinajstić information content (AvgIpc) is 2.69. The molecule has 0 saturated carbocycles. The van der Waals surface area contributed by atoms with Gasteiger partial charge in [-0.1, -0.05) is 42.5 Å². The van der Waals surface area contributed by atoms with Gasteiger partial charge in [0.25, 0.3) is 0 Å². The molecule has 128 valence electrons. The van der Waals surface area contributed by atoms with Gasteiger partial charge in [0.15, 0.2) is 0 Å². The normalized spacial score (nSPS) is 10.7. The van der Waals surface area contributed by atoms with E-state index in [0.29, 0.717) is 12.5 Å². The van der Waals surface area contributed by atoms with Crippen molar-refractivity contribution in [3.63, 3.8) is 0 Å². The van der Waals surface area contributed by atoms with E-state index in [1.165, 1.54) is 0 Å². The van der Waals surface area contributed by atoms with Crippen molar-refractivity contribution in [2.45, 2.75) is 6.54 Å². The van der Waals surface area contributed by atoms with Crippen molar-refractivity contribution in [3.8, 4) is 0 Å². The Morgan fingerprint density at radius 1 is 0.692 bits per heavy atom. The number of aromatic nitrogens is 2. The fourth-order valence-electron chi connectivity index (χ4n) is 2.74. The van der Waals surface area contributed by atoms with Gasteiger partial charge in [-0.3, -0.25) is 0 Å². The molecule has 0 saturated heterocycles. The third-order valence-corrected chi connectivity index (χ3v) is 4.09. The van der Waals surface area contributed by atoms with Gasteiger partial charge in [-0.05, 0) is 42.0 Å². The molecule has 5 nitrogen and oxygen atoms in total. The Bertz CT molecular complexity index is 1010. The lowest BCUT2D eigenvalue weighted by atomic mass is 10.2. The SMILES string of the molecule is NCc1ccc(Nc2nc(Nc3ccccc3)c3ccccc3n2)cc1. The van der Waals surface area contributed by atoms with Gasteiger partial charge in [0.05, 0.1) is 5.52 Å². The lowest BCUT2D eigenvalue weighted by Crippen LogP contribution is -2.02. The molecule has 1 heterocycles. The molecule has 4 aromatic rings. The van der Waals surface area contributed by atoms with E-state index in [9.17, 15) is 0 Å². The quantitative estimate of drug-likeness (QED) is 0.495. The molecule has 0 radical (unpaired) electrons. The molecule has 0 bridgehead atoms. The summed E-state index contributed by atoms with van der Waals surface area (Å²) in [5.41, 5.74) is 9.52. The van der Waals surface area contributed by atoms with Crippen molar-refractivity contribution in [1.29, 1.82) is 0 Å². The van der Waals surface area contributed by atoms with E-state index in [1.807, 2.05) is 78.9 Å². The Balaban J connectivity index is 1.70. The Hall–Kier alpha value is -3.44. The van der Waals surface area contributed by atoms with Gasteiger partial charge in [0.2, 0.25) is 5.95 Å². The summed E-state index contributed by atoms with van der Waals surface area (Å²) in [6.07, 6.45) is 0. The molecule has 4 rings (SSSR count). The van der Waals surface area contributed by atoms with E-state index in [-0.39, 0.29) is 0 Å². The first kappa shape index (κ1) is 16.1. The second kappa shape index (κ2) is 7.21. The fourth-order valence-corrected chi connectivity index (χ4v) is 2.74. The van der Waals surface area contributed by atoms with Gasteiger partial charge in [-0.25, -0.2) is 4.98 Å². The van der Waals surface area contributed by atoms with Crippen LogP contribution in [0.1, 0.15) is 5.56 Å². The first-order chi connectivity index (χ1) is 12.8. The van der Waals surface area contributed by atoms with Crippen LogP contribution in [0.5, 0.6) is 0 Å². The van der Waals surface area contributed by atoms with Crippen LogP contribution in [0.4, 0.5) is 23.1 Å². The van der Waals surface area contributed by atoms with Crippen LogP contribution in [0.25, 0.3) is 10.9 Å². The summed E-state index contributed by atoms with van der Waals surface area (Å²) >= 11 is 0. The van der Waals surface area contributed by atoms with E-state index in [4.69, 9.17) is 5.73 Å². The summed E-state index contributed by atoms with van der Waals surface area (Å²) in [6, 6.07) is 25.9. The number of anilines is 4. The Morgan fingerprint density at radius 2 is 1.38 bits per heavy atom. The maximum atomic E-state index is 5.65. The van der Waals surface area contributed by atoms with E-state index in [0.717, 1.165) is 33.7 Å². The Labute approximate surface area is 151 Å². The van der Waals surface area contributed by atoms with E-state index < -0.39 is 0 Å². The molecular weight excluding hydrogens is 322 g/mol. The van der Waals surface area contributed by atoms with Crippen molar-refractivity contribution in [1.82, 2.24) is 9.97 Å². The van der Waals surface area contributed by atoms with Crippen molar-refractivity contribution in [2.75, 3.05) is 10.6 Å². The van der Waals surface area contributed by atoms with Crippen LogP contribution in [0, 0.1) is 0 Å². The van der Waals surface area contributed by atoms with Gasteiger partial charge < -0.3 is 16.4 Å². The maximum absolute atomic E-state index is 5.65. The molecule has 0 spiro atoms. The molecule has 5 heteroatoms. The van der Waals surface area contributed by atoms with Crippen LogP contribution in [-0.2, 0) is 6.54 Å². The minimum atomic E-state index is 0.526. The van der Waals surface area contributed by atoms with Crippen molar-refractivity contribution < 1.29 is 0 Å². The molecule has 1 aromatic heterocycles. The second-order valence-electron chi connectivity index (χ2n) is 5.93. The minimum Gasteiger partial charge on any atom is -0.340 e. The number of fused-ring (bicyclic) bond motifs is 1. The molecule has 0 aliphatic rings. The third-order valence-electron chi connectivity index (χ3n) is 4.09. The number of hydrogen-bond acceptors (Lipinski definition) is 5. The summed E-state index contributed by atoms with van der Waals surface area (Å²) in [4.78, 5) is 9.30. The summed E-state index contributed by atoms with van der Waals surface area (Å²) in [6.45, 7) is 0.526. The Morgan fingerprint density at radius 3 is 2.15 bits per heavy atom. The van der Waals surface area contributed by atoms with Gasteiger partial charge in [-0.15, -0.1) is 0 Å². The smallest absolute Gasteiger partial charge is 0.229 e. The zero-order valence-corrected chi connectivity index (χ0v) is 14.2. The van der Waals surface area contributed by atoms with E-state index in [2.05, 4.69) is 20.6 Å². The highest BCUT2D eigenvalue weighted by atomic mass is 15.1. The van der Waals surface area contributed by atoms with E-state index >= 15 is 0 Å². The van der Waals surface area contributed by atoms with Crippen LogP contribution >= 0.6 is 0 Å². The zero-order chi connectivity index (χ0) is 17.8. The lowest BCUT2D eigenvalue weighted by molar-refractivity contribution is 1.07. The van der Waals surface area contributed by atoms with Gasteiger partial charge in [0, 0.05) is 23.3 Å². The molecule has 0 atom stereocenters. The molecule has 0 amide bonds. The van der Waals surface area contributed by atoms with Gasteiger partial charge in [-0.2, -0.15) is 4.98 Å². The van der Waals surface area contributed by atoms with Crippen molar-refractivity contribution >= 4 is 34.0 Å². The highest BCUT2D eigenvalue weighted by Gasteiger charge is 2.08. The number of rotatable bonds is 5. The van der Waals surface area contributed by atoms with Crippen molar-refractivity contribution in [3.05, 3.63) is 84.4 Å². The van der Waals surface area contributed by atoms with E-state index in [1.54, 1.807) is 0 Å². The lowest BCUT2D eigenvalue weighted by Gasteiger charge is -2.12. The standard InChI is InChI=1S/C21H19N5/c22-14-15-10-12-17(13-11-15)24-21-25-19-9-5-4-8-18(19)20(26-21)23-16-6-2-1-3-7-16/h1-13H,14,22H2,(H2,23,24,25,26). The molecule has 26 heavy (non-hydrogen) atoms. The monoisotopic (exact) mass is 341 g/mol. The van der Waals surface area contributed by atoms with Gasteiger partial charge >= 0.3 is 0 Å². The number of para-hydroxylation sites is 2. The molecule has 0 aliphatic heterocycles. The number of benzene rings is 3. The molecule has 4 N–H and O–H groups in total. The third kappa shape index (κ3) is 3.48. The highest BCUT2D eigenvalue weighted by Crippen LogP contribution is 2.26. The van der Waals surface area contributed by atoms with Gasteiger partial charge in [0.1, 0.15) is 5.82 Å². The number of nitrogens with zero attached hydrogens (tertiary/aromatic N) is 2. The number of hydrogen-bond donors (Lipinski definition) is 3. The zero-order valence-electron chi connectivity index (χ0n) is 14.2. The predicted molar refractivity (Wildman–Crippen MR) is 107 cm³/mol. The van der Waals surface area contributed by atoms with Crippen LogP contribution < -0.4 is 16.4 Å². The molecule has 0 aliphatic carbocycles.